The summed E-state index contributed by atoms with van der Waals surface area (Å²) in [6, 6.07) is 5.21. The van der Waals surface area contributed by atoms with E-state index in [1.807, 2.05) is 0 Å². The first-order valence-electron chi connectivity index (χ1n) is 12.1. The van der Waals surface area contributed by atoms with Crippen LogP contribution < -0.4 is 5.32 Å². The normalized spacial score (nSPS) is 29.3. The molecule has 2 aliphatic carbocycles. The minimum Gasteiger partial charge on any atom is -0.385 e. The highest BCUT2D eigenvalue weighted by Crippen LogP contribution is 2.62. The van der Waals surface area contributed by atoms with E-state index in [2.05, 4.69) is 26.1 Å². The number of sulfonamides is 1. The quantitative estimate of drug-likeness (QED) is 0.580. The molecule has 3 aliphatic rings. The Morgan fingerprint density at radius 1 is 1.24 bits per heavy atom. The van der Waals surface area contributed by atoms with Crippen molar-refractivity contribution < 1.29 is 22.7 Å². The Morgan fingerprint density at radius 2 is 1.97 bits per heavy atom. The van der Waals surface area contributed by atoms with Gasteiger partial charge in [0.2, 0.25) is 10.0 Å². The van der Waals surface area contributed by atoms with Crippen molar-refractivity contribution in [3.05, 3.63) is 29.3 Å². The maximum Gasteiger partial charge on any atom is 0.251 e. The molecule has 184 valence electrons. The summed E-state index contributed by atoms with van der Waals surface area (Å²) in [5.74, 6) is 0.428. The lowest BCUT2D eigenvalue weighted by atomic mass is 9.68. The molecule has 1 amide bonds. The van der Waals surface area contributed by atoms with E-state index in [1.54, 1.807) is 25.3 Å². The molecule has 0 aromatic heterocycles. The van der Waals surface area contributed by atoms with E-state index in [-0.39, 0.29) is 27.7 Å². The molecule has 1 aliphatic heterocycles. The van der Waals surface area contributed by atoms with Crippen LogP contribution in [0, 0.1) is 16.7 Å². The molecular formula is C25H38N2O5S. The largest absolute Gasteiger partial charge is 0.385 e. The van der Waals surface area contributed by atoms with Crippen molar-refractivity contribution in [1.82, 2.24) is 9.62 Å². The number of rotatable bonds is 8. The van der Waals surface area contributed by atoms with Gasteiger partial charge in [-0.2, -0.15) is 4.31 Å². The van der Waals surface area contributed by atoms with E-state index in [1.165, 1.54) is 10.7 Å². The lowest BCUT2D eigenvalue weighted by Crippen LogP contribution is -2.52. The summed E-state index contributed by atoms with van der Waals surface area (Å²) in [4.78, 5) is 13.6. The van der Waals surface area contributed by atoms with Crippen molar-refractivity contribution in [2.45, 2.75) is 63.8 Å². The number of nitrogens with one attached hydrogen (secondary N) is 1. The topological polar surface area (TPSA) is 84.9 Å². The molecule has 7 nitrogen and oxygen atoms in total. The average molecular weight is 479 g/mol. The van der Waals surface area contributed by atoms with Gasteiger partial charge in [-0.15, -0.1) is 0 Å². The number of fused-ring (bicyclic) bond motifs is 2. The Morgan fingerprint density at radius 3 is 2.61 bits per heavy atom. The summed E-state index contributed by atoms with van der Waals surface area (Å²) in [6.45, 7) is 8.75. The third kappa shape index (κ3) is 4.59. The zero-order valence-corrected chi connectivity index (χ0v) is 21.2. The Balaban J connectivity index is 1.62. The number of hydrogen-bond donors (Lipinski definition) is 1. The second-order valence-electron chi connectivity index (χ2n) is 10.8. The van der Waals surface area contributed by atoms with Crippen LogP contribution in [0.25, 0.3) is 0 Å². The third-order valence-electron chi connectivity index (χ3n) is 8.26. The van der Waals surface area contributed by atoms with Gasteiger partial charge in [0.25, 0.3) is 5.91 Å². The first kappa shape index (κ1) is 24.6. The predicted octanol–water partition coefficient (Wildman–Crippen LogP) is 3.23. The van der Waals surface area contributed by atoms with E-state index in [4.69, 9.17) is 9.47 Å². The lowest BCUT2D eigenvalue weighted by molar-refractivity contribution is 0.0728. The van der Waals surface area contributed by atoms with Gasteiger partial charge < -0.3 is 14.8 Å². The van der Waals surface area contributed by atoms with Gasteiger partial charge in [-0.3, -0.25) is 4.79 Å². The van der Waals surface area contributed by atoms with Crippen molar-refractivity contribution in [3.8, 4) is 0 Å². The van der Waals surface area contributed by atoms with Crippen LogP contribution in [0.4, 0.5) is 0 Å². The summed E-state index contributed by atoms with van der Waals surface area (Å²) < 4.78 is 39.0. The summed E-state index contributed by atoms with van der Waals surface area (Å²) in [7, 11) is -2.09. The van der Waals surface area contributed by atoms with Crippen LogP contribution in [-0.4, -0.2) is 64.7 Å². The molecule has 0 spiro atoms. The maximum absolute atomic E-state index is 13.5. The second-order valence-corrected chi connectivity index (χ2v) is 12.7. The van der Waals surface area contributed by atoms with Crippen LogP contribution in [0.3, 0.4) is 0 Å². The molecule has 1 N–H and O–H groups in total. The number of aryl methyl sites for hydroxylation is 1. The number of methoxy groups -OCH3 is 1. The van der Waals surface area contributed by atoms with Crippen molar-refractivity contribution in [2.75, 3.05) is 40.0 Å². The maximum atomic E-state index is 13.5. The molecule has 3 fully saturated rings. The zero-order chi connectivity index (χ0) is 23.9. The number of amides is 1. The molecule has 3 atom stereocenters. The molecule has 2 bridgehead atoms. The summed E-state index contributed by atoms with van der Waals surface area (Å²) in [5, 5.41) is 3.30. The van der Waals surface area contributed by atoms with E-state index >= 15 is 0 Å². The predicted molar refractivity (Wildman–Crippen MR) is 127 cm³/mol. The molecule has 1 saturated heterocycles. The fourth-order valence-electron chi connectivity index (χ4n) is 6.35. The minimum absolute atomic E-state index is 0.0332. The molecule has 1 aromatic rings. The molecule has 33 heavy (non-hydrogen) atoms. The number of nitrogens with zero attached hydrogens (tertiary/aromatic N) is 1. The second kappa shape index (κ2) is 9.29. The summed E-state index contributed by atoms with van der Waals surface area (Å²) in [5.41, 5.74) is 1.26. The van der Waals surface area contributed by atoms with Gasteiger partial charge >= 0.3 is 0 Å². The molecule has 4 rings (SSSR count). The Kier molecular flexibility index (Phi) is 6.93. The van der Waals surface area contributed by atoms with Crippen molar-refractivity contribution in [1.29, 1.82) is 0 Å². The van der Waals surface area contributed by atoms with Crippen LogP contribution >= 0.6 is 0 Å². The SMILES string of the molecule is COCCCc1ccc(C(=O)NC2C3(C)CC[C@H](C3)C2(C)C)cc1S(=O)(=O)N1CCOCC1. The molecule has 1 aromatic carbocycles. The summed E-state index contributed by atoms with van der Waals surface area (Å²) in [6.07, 6.45) is 4.77. The Bertz CT molecular complexity index is 982. The number of benzene rings is 1. The number of morpholine rings is 1. The standard InChI is InChI=1S/C25H38N2O5S/c1-24(2)20-9-10-25(3,17-20)23(24)26-22(28)19-8-7-18(6-5-13-31-4)21(16-19)33(29,30)27-11-14-32-15-12-27/h7-8,16,20,23H,5-6,9-15,17H2,1-4H3,(H,26,28)/t20-,23?,25?/m1/s1. The van der Waals surface area contributed by atoms with Gasteiger partial charge in [-0.1, -0.05) is 26.8 Å². The Hall–Kier alpha value is -1.48. The van der Waals surface area contributed by atoms with Gasteiger partial charge in [0.05, 0.1) is 18.1 Å². The van der Waals surface area contributed by atoms with Crippen molar-refractivity contribution in [2.24, 2.45) is 16.7 Å². The average Bonchev–Trinajstić information content (AvgIpc) is 3.28. The number of carbonyl (C=O) groups excluding carboxylic acids is 1. The van der Waals surface area contributed by atoms with Crippen LogP contribution in [0.15, 0.2) is 23.1 Å². The van der Waals surface area contributed by atoms with Crippen LogP contribution in [-0.2, 0) is 25.9 Å². The monoisotopic (exact) mass is 478 g/mol. The van der Waals surface area contributed by atoms with Crippen molar-refractivity contribution >= 4 is 15.9 Å². The van der Waals surface area contributed by atoms with Gasteiger partial charge in [-0.25, -0.2) is 8.42 Å². The molecule has 1 heterocycles. The van der Waals surface area contributed by atoms with Crippen LogP contribution in [0.1, 0.15) is 62.4 Å². The lowest BCUT2D eigenvalue weighted by Gasteiger charge is -2.43. The fraction of sp³-hybridized carbons (Fsp3) is 0.720. The highest BCUT2D eigenvalue weighted by atomic mass is 32.2. The molecule has 0 radical (unpaired) electrons. The van der Waals surface area contributed by atoms with E-state index in [0.717, 1.165) is 18.4 Å². The van der Waals surface area contributed by atoms with Gasteiger partial charge in [-0.05, 0) is 66.5 Å². The third-order valence-corrected chi connectivity index (χ3v) is 10.2. The molecule has 8 heteroatoms. The van der Waals surface area contributed by atoms with Crippen LogP contribution in [0.5, 0.6) is 0 Å². The molecule has 2 unspecified atom stereocenters. The first-order valence-corrected chi connectivity index (χ1v) is 13.5. The zero-order valence-electron chi connectivity index (χ0n) is 20.4. The molecule has 2 saturated carbocycles. The highest BCUT2D eigenvalue weighted by molar-refractivity contribution is 7.89. The van der Waals surface area contributed by atoms with Gasteiger partial charge in [0.1, 0.15) is 0 Å². The van der Waals surface area contributed by atoms with E-state index in [9.17, 15) is 13.2 Å². The highest BCUT2D eigenvalue weighted by Gasteiger charge is 2.59. The van der Waals surface area contributed by atoms with Crippen molar-refractivity contribution in [3.63, 3.8) is 0 Å². The van der Waals surface area contributed by atoms with E-state index < -0.39 is 10.0 Å². The smallest absolute Gasteiger partial charge is 0.251 e. The van der Waals surface area contributed by atoms with Gasteiger partial charge in [0.15, 0.2) is 0 Å². The Labute approximate surface area is 198 Å². The van der Waals surface area contributed by atoms with Crippen LogP contribution in [0.2, 0.25) is 0 Å². The number of carbonyl (C=O) groups is 1. The first-order chi connectivity index (χ1) is 15.6. The molecular weight excluding hydrogens is 440 g/mol. The minimum atomic E-state index is -3.72. The number of ether oxygens (including phenoxy) is 2. The van der Waals surface area contributed by atoms with Gasteiger partial charge in [0, 0.05) is 38.4 Å². The fourth-order valence-corrected chi connectivity index (χ4v) is 8.04. The summed E-state index contributed by atoms with van der Waals surface area (Å²) >= 11 is 0. The van der Waals surface area contributed by atoms with E-state index in [0.29, 0.717) is 57.2 Å². The number of hydrogen-bond acceptors (Lipinski definition) is 5.